The van der Waals surface area contributed by atoms with Crippen LogP contribution < -0.4 is 11.3 Å². The van der Waals surface area contributed by atoms with Gasteiger partial charge in [-0.1, -0.05) is 30.7 Å². The Labute approximate surface area is 97.6 Å². The number of aromatic amines is 1. The zero-order valence-corrected chi connectivity index (χ0v) is 9.58. The molecule has 0 aliphatic carbocycles. The van der Waals surface area contributed by atoms with Crippen molar-refractivity contribution in [3.05, 3.63) is 45.3 Å². The Kier molecular flexibility index (Phi) is 2.75. The highest BCUT2D eigenvalue weighted by atomic mass is 35.5. The molecule has 16 heavy (non-hydrogen) atoms. The smallest absolute Gasteiger partial charge is 0.294 e. The number of hydrogen-bond donors (Lipinski definition) is 2. The van der Waals surface area contributed by atoms with Gasteiger partial charge in [0.05, 0.1) is 16.4 Å². The third-order valence-electron chi connectivity index (χ3n) is 2.45. The number of rotatable bonds is 2. The van der Waals surface area contributed by atoms with Crippen molar-refractivity contribution in [2.75, 3.05) is 5.73 Å². The molecule has 0 saturated heterocycles. The van der Waals surface area contributed by atoms with Crippen molar-refractivity contribution in [2.45, 2.75) is 13.3 Å². The molecule has 0 fully saturated rings. The van der Waals surface area contributed by atoms with Crippen molar-refractivity contribution < 1.29 is 0 Å². The largest absolute Gasteiger partial charge is 0.393 e. The molecule has 5 heteroatoms. The standard InChI is InChI=1S/C11H12ClN3O/c1-2-8-10(13)11(16)15(14-8)9-6-4-3-5-7(9)12/h3-6,14H,2,13H2,1H3. The molecule has 0 saturated carbocycles. The van der Waals surface area contributed by atoms with Gasteiger partial charge in [-0.2, -0.15) is 0 Å². The molecule has 0 spiro atoms. The van der Waals surface area contributed by atoms with Crippen LogP contribution in [0.4, 0.5) is 5.69 Å². The van der Waals surface area contributed by atoms with Crippen LogP contribution in [0, 0.1) is 0 Å². The van der Waals surface area contributed by atoms with Crippen LogP contribution in [0.1, 0.15) is 12.6 Å². The topological polar surface area (TPSA) is 63.8 Å². The summed E-state index contributed by atoms with van der Waals surface area (Å²) in [4.78, 5) is 11.8. The number of hydrogen-bond acceptors (Lipinski definition) is 2. The fourth-order valence-corrected chi connectivity index (χ4v) is 1.79. The number of nitrogens with two attached hydrogens (primary N) is 1. The summed E-state index contributed by atoms with van der Waals surface area (Å²) in [7, 11) is 0. The highest BCUT2D eigenvalue weighted by molar-refractivity contribution is 6.32. The number of anilines is 1. The van der Waals surface area contributed by atoms with Crippen LogP contribution in [-0.2, 0) is 6.42 Å². The van der Waals surface area contributed by atoms with Gasteiger partial charge in [0, 0.05) is 0 Å². The van der Waals surface area contributed by atoms with Crippen LogP contribution >= 0.6 is 11.6 Å². The lowest BCUT2D eigenvalue weighted by Crippen LogP contribution is -2.16. The molecule has 0 atom stereocenters. The summed E-state index contributed by atoms with van der Waals surface area (Å²) in [5.41, 5.74) is 7.03. The van der Waals surface area contributed by atoms with Crippen LogP contribution in [0.3, 0.4) is 0 Å². The molecule has 0 amide bonds. The molecule has 0 radical (unpaired) electrons. The minimum Gasteiger partial charge on any atom is -0.393 e. The molecule has 84 valence electrons. The maximum absolute atomic E-state index is 11.8. The van der Waals surface area contributed by atoms with E-state index in [9.17, 15) is 4.79 Å². The first-order valence-electron chi connectivity index (χ1n) is 4.99. The SMILES string of the molecule is CCc1[nH]n(-c2ccccc2Cl)c(=O)c1N. The number of para-hydroxylation sites is 1. The normalized spacial score (nSPS) is 10.6. The van der Waals surface area contributed by atoms with E-state index >= 15 is 0 Å². The molecule has 0 unspecified atom stereocenters. The molecular weight excluding hydrogens is 226 g/mol. The first-order chi connectivity index (χ1) is 7.65. The molecule has 0 bridgehead atoms. The number of H-pyrrole nitrogens is 1. The molecule has 1 aromatic heterocycles. The van der Waals surface area contributed by atoms with Crippen molar-refractivity contribution in [1.29, 1.82) is 0 Å². The Morgan fingerprint density at radius 2 is 2.12 bits per heavy atom. The lowest BCUT2D eigenvalue weighted by atomic mass is 10.3. The average Bonchev–Trinajstić information content (AvgIpc) is 2.57. The van der Waals surface area contributed by atoms with Crippen molar-refractivity contribution in [2.24, 2.45) is 0 Å². The van der Waals surface area contributed by atoms with E-state index in [1.165, 1.54) is 4.68 Å². The summed E-state index contributed by atoms with van der Waals surface area (Å²) in [6.07, 6.45) is 0.679. The van der Waals surface area contributed by atoms with Crippen molar-refractivity contribution in [3.63, 3.8) is 0 Å². The Bertz CT molecular complexity index is 571. The van der Waals surface area contributed by atoms with Crippen molar-refractivity contribution in [1.82, 2.24) is 9.78 Å². The number of aryl methyl sites for hydroxylation is 1. The summed E-state index contributed by atoms with van der Waals surface area (Å²) < 4.78 is 1.37. The molecule has 0 aliphatic heterocycles. The second-order valence-corrected chi connectivity index (χ2v) is 3.86. The highest BCUT2D eigenvalue weighted by Crippen LogP contribution is 2.18. The van der Waals surface area contributed by atoms with Gasteiger partial charge in [-0.15, -0.1) is 0 Å². The van der Waals surface area contributed by atoms with Crippen LogP contribution in [0.15, 0.2) is 29.1 Å². The molecule has 4 nitrogen and oxygen atoms in total. The Balaban J connectivity index is 2.66. The lowest BCUT2D eigenvalue weighted by molar-refractivity contribution is 0.819. The van der Waals surface area contributed by atoms with E-state index in [2.05, 4.69) is 5.10 Å². The second-order valence-electron chi connectivity index (χ2n) is 3.45. The lowest BCUT2D eigenvalue weighted by Gasteiger charge is -2.03. The summed E-state index contributed by atoms with van der Waals surface area (Å²) >= 11 is 6.01. The maximum Gasteiger partial charge on any atom is 0.294 e. The molecule has 2 rings (SSSR count). The van der Waals surface area contributed by atoms with E-state index in [0.717, 1.165) is 5.69 Å². The second kappa shape index (κ2) is 4.06. The third-order valence-corrected chi connectivity index (χ3v) is 2.77. The number of aromatic nitrogens is 2. The molecule has 1 heterocycles. The maximum atomic E-state index is 11.8. The number of benzene rings is 1. The van der Waals surface area contributed by atoms with E-state index < -0.39 is 0 Å². The summed E-state index contributed by atoms with van der Waals surface area (Å²) in [5.74, 6) is 0. The predicted molar refractivity (Wildman–Crippen MR) is 65.2 cm³/mol. The minimum atomic E-state index is -0.259. The summed E-state index contributed by atoms with van der Waals surface area (Å²) in [6.45, 7) is 1.93. The monoisotopic (exact) mass is 237 g/mol. The van der Waals surface area contributed by atoms with Crippen molar-refractivity contribution >= 4 is 17.3 Å². The van der Waals surface area contributed by atoms with E-state index in [4.69, 9.17) is 17.3 Å². The van der Waals surface area contributed by atoms with Crippen LogP contribution in [0.25, 0.3) is 5.69 Å². The van der Waals surface area contributed by atoms with Gasteiger partial charge in [0.1, 0.15) is 5.69 Å². The first-order valence-corrected chi connectivity index (χ1v) is 5.37. The Hall–Kier alpha value is -1.68. The molecule has 2 aromatic rings. The van der Waals surface area contributed by atoms with E-state index in [-0.39, 0.29) is 11.2 Å². The Morgan fingerprint density at radius 3 is 2.69 bits per heavy atom. The number of nitrogens with one attached hydrogen (secondary N) is 1. The molecule has 3 N–H and O–H groups in total. The molecule has 1 aromatic carbocycles. The Morgan fingerprint density at radius 1 is 1.44 bits per heavy atom. The molecule has 0 aliphatic rings. The van der Waals surface area contributed by atoms with Gasteiger partial charge in [0.25, 0.3) is 5.56 Å². The van der Waals surface area contributed by atoms with Crippen LogP contribution in [0.5, 0.6) is 0 Å². The van der Waals surface area contributed by atoms with Crippen LogP contribution in [-0.4, -0.2) is 9.78 Å². The van der Waals surface area contributed by atoms with Crippen molar-refractivity contribution in [3.8, 4) is 5.69 Å². The van der Waals surface area contributed by atoms with Gasteiger partial charge < -0.3 is 5.73 Å². The highest BCUT2D eigenvalue weighted by Gasteiger charge is 2.12. The minimum absolute atomic E-state index is 0.252. The predicted octanol–water partition coefficient (Wildman–Crippen LogP) is 1.96. The third kappa shape index (κ3) is 1.61. The van der Waals surface area contributed by atoms with E-state index in [1.807, 2.05) is 19.1 Å². The van der Waals surface area contributed by atoms with Gasteiger partial charge >= 0.3 is 0 Å². The first kappa shape index (κ1) is 10.8. The summed E-state index contributed by atoms with van der Waals surface area (Å²) in [5, 5.41) is 3.46. The van der Waals surface area contributed by atoms with Crippen LogP contribution in [0.2, 0.25) is 5.02 Å². The zero-order chi connectivity index (χ0) is 11.7. The number of halogens is 1. The van der Waals surface area contributed by atoms with E-state index in [1.54, 1.807) is 12.1 Å². The fraction of sp³-hybridized carbons (Fsp3) is 0.182. The average molecular weight is 238 g/mol. The van der Waals surface area contributed by atoms with E-state index in [0.29, 0.717) is 17.1 Å². The van der Waals surface area contributed by atoms with Gasteiger partial charge in [-0.05, 0) is 18.6 Å². The van der Waals surface area contributed by atoms with Gasteiger partial charge in [-0.25, -0.2) is 4.68 Å². The number of nitrogen functional groups attached to an aromatic ring is 1. The fourth-order valence-electron chi connectivity index (χ4n) is 1.57. The van der Waals surface area contributed by atoms with Gasteiger partial charge in [0.2, 0.25) is 0 Å². The summed E-state index contributed by atoms with van der Waals surface area (Å²) in [6, 6.07) is 7.12. The number of nitrogens with zero attached hydrogens (tertiary/aromatic N) is 1. The zero-order valence-electron chi connectivity index (χ0n) is 8.83. The quantitative estimate of drug-likeness (QED) is 0.839. The van der Waals surface area contributed by atoms with Gasteiger partial charge in [-0.3, -0.25) is 9.89 Å². The van der Waals surface area contributed by atoms with Gasteiger partial charge in [0.15, 0.2) is 0 Å². The molecular formula is C11H12ClN3O.